The van der Waals surface area contributed by atoms with Crippen molar-refractivity contribution in [2.45, 2.75) is 26.3 Å². The third kappa shape index (κ3) is 3.64. The van der Waals surface area contributed by atoms with Gasteiger partial charge in [-0.2, -0.15) is 9.50 Å². The van der Waals surface area contributed by atoms with Crippen LogP contribution < -0.4 is 10.6 Å². The summed E-state index contributed by atoms with van der Waals surface area (Å²) in [5, 5.41) is 4.56. The van der Waals surface area contributed by atoms with E-state index in [2.05, 4.69) is 26.9 Å². The number of hydrogen-bond donors (Lipinski definition) is 1. The summed E-state index contributed by atoms with van der Waals surface area (Å²) in [5.74, 6) is 0.925. The molecule has 10 nitrogen and oxygen atoms in total. The van der Waals surface area contributed by atoms with Gasteiger partial charge in [-0.25, -0.2) is 14.4 Å². The molecular weight excluding hydrogens is 449 g/mol. The van der Waals surface area contributed by atoms with Gasteiger partial charge in [0.1, 0.15) is 17.3 Å². The van der Waals surface area contributed by atoms with Crippen molar-refractivity contribution >= 4 is 23.1 Å². The normalized spacial score (nSPS) is 16.4. The van der Waals surface area contributed by atoms with Crippen molar-refractivity contribution in [3.05, 3.63) is 65.9 Å². The molecule has 6 rings (SSSR count). The number of nitrogens with zero attached hydrogens (tertiary/aromatic N) is 8. The number of ether oxygens (including phenoxy) is 1. The Bertz CT molecular complexity index is 1560. The molecule has 0 unspecified atom stereocenters. The summed E-state index contributed by atoms with van der Waals surface area (Å²) >= 11 is 0. The molecule has 0 bridgehead atoms. The van der Waals surface area contributed by atoms with Crippen LogP contribution in [0.5, 0.6) is 0 Å². The Hall–Kier alpha value is -4.12. The maximum Gasteiger partial charge on any atom is 0.225 e. The van der Waals surface area contributed by atoms with Gasteiger partial charge in [-0.1, -0.05) is 0 Å². The Morgan fingerprint density at radius 1 is 1.20 bits per heavy atom. The lowest BCUT2D eigenvalue weighted by molar-refractivity contribution is 0.0986. The van der Waals surface area contributed by atoms with Gasteiger partial charge in [0.2, 0.25) is 5.95 Å². The largest absolute Gasteiger partial charge is 0.377 e. The second kappa shape index (κ2) is 8.27. The highest BCUT2D eigenvalue weighted by Gasteiger charge is 2.28. The van der Waals surface area contributed by atoms with E-state index in [1.54, 1.807) is 12.3 Å². The van der Waals surface area contributed by atoms with Crippen LogP contribution in [0.2, 0.25) is 0 Å². The van der Waals surface area contributed by atoms with Gasteiger partial charge in [0.25, 0.3) is 0 Å². The Morgan fingerprint density at radius 2 is 2.09 bits per heavy atom. The molecule has 35 heavy (non-hydrogen) atoms. The number of pyridine rings is 2. The van der Waals surface area contributed by atoms with Gasteiger partial charge in [-0.3, -0.25) is 4.98 Å². The summed E-state index contributed by atoms with van der Waals surface area (Å²) in [5.41, 5.74) is 10.7. The van der Waals surface area contributed by atoms with Gasteiger partial charge in [0, 0.05) is 36.4 Å². The molecule has 5 aromatic rings. The molecule has 1 aliphatic rings. The molecule has 0 amide bonds. The van der Waals surface area contributed by atoms with Gasteiger partial charge >= 0.3 is 0 Å². The highest BCUT2D eigenvalue weighted by molar-refractivity contribution is 5.88. The lowest BCUT2D eigenvalue weighted by Crippen LogP contribution is -2.44. The van der Waals surface area contributed by atoms with Crippen LogP contribution in [0.25, 0.3) is 22.4 Å². The quantitative estimate of drug-likeness (QED) is 0.424. The predicted molar refractivity (Wildman–Crippen MR) is 129 cm³/mol. The van der Waals surface area contributed by atoms with Gasteiger partial charge in [-0.15, -0.1) is 5.10 Å². The zero-order valence-electron chi connectivity index (χ0n) is 19.4. The van der Waals surface area contributed by atoms with Crippen molar-refractivity contribution in [1.82, 2.24) is 34.0 Å². The van der Waals surface area contributed by atoms with Crippen LogP contribution in [-0.4, -0.2) is 59.8 Å². The second-order valence-corrected chi connectivity index (χ2v) is 8.70. The molecule has 1 fully saturated rings. The Kier molecular flexibility index (Phi) is 5.06. The van der Waals surface area contributed by atoms with Gasteiger partial charge in [0.05, 0.1) is 36.9 Å². The van der Waals surface area contributed by atoms with E-state index in [0.717, 1.165) is 22.5 Å². The number of nitrogens with two attached hydrogens (primary N) is 1. The summed E-state index contributed by atoms with van der Waals surface area (Å²) in [6, 6.07) is 6.99. The highest BCUT2D eigenvalue weighted by atomic mass is 19.1. The lowest BCUT2D eigenvalue weighted by atomic mass is 10.1. The number of fused-ring (bicyclic) bond motifs is 2. The van der Waals surface area contributed by atoms with Crippen molar-refractivity contribution < 1.29 is 9.13 Å². The van der Waals surface area contributed by atoms with E-state index < -0.39 is 5.82 Å². The fourth-order valence-corrected chi connectivity index (χ4v) is 4.52. The molecule has 1 saturated heterocycles. The molecule has 6 heterocycles. The zero-order chi connectivity index (χ0) is 24.1. The van der Waals surface area contributed by atoms with Crippen LogP contribution in [-0.2, 0) is 11.2 Å². The number of imidazole rings is 1. The number of aromatic nitrogens is 7. The third-order valence-corrected chi connectivity index (χ3v) is 6.31. The molecule has 0 aromatic carbocycles. The van der Waals surface area contributed by atoms with Crippen molar-refractivity contribution in [3.8, 4) is 11.1 Å². The number of hydrogen-bond acceptors (Lipinski definition) is 8. The van der Waals surface area contributed by atoms with Crippen molar-refractivity contribution in [2.75, 3.05) is 30.4 Å². The average Bonchev–Trinajstić information content (AvgIpc) is 3.44. The number of rotatable bonds is 4. The minimum Gasteiger partial charge on any atom is -0.377 e. The summed E-state index contributed by atoms with van der Waals surface area (Å²) in [7, 11) is 0. The van der Waals surface area contributed by atoms with E-state index in [4.69, 9.17) is 20.4 Å². The zero-order valence-corrected chi connectivity index (χ0v) is 19.4. The van der Waals surface area contributed by atoms with Gasteiger partial charge in [0.15, 0.2) is 11.5 Å². The summed E-state index contributed by atoms with van der Waals surface area (Å²) in [6.07, 6.45) is 5.54. The maximum absolute atomic E-state index is 14.3. The van der Waals surface area contributed by atoms with E-state index in [0.29, 0.717) is 37.0 Å². The standard InChI is InChI=1S/C24H24FN9O/c1-14-11-28-20-6-5-16(12-33(14)20)21-22(32-8-9-35-13-15(32)2)30-24(26)34-23(21)29-19(31-34)10-18-17(25)4-3-7-27-18/h3-7,11-12,15H,8-10,13H2,1-2H3,(H2,26,30)/t15-/m0/s1. The molecule has 0 radical (unpaired) electrons. The van der Waals surface area contributed by atoms with E-state index in [9.17, 15) is 4.39 Å². The number of anilines is 2. The molecule has 0 saturated carbocycles. The summed E-state index contributed by atoms with van der Waals surface area (Å²) in [4.78, 5) is 20.3. The molecule has 178 valence electrons. The van der Waals surface area contributed by atoms with E-state index in [1.165, 1.54) is 10.6 Å². The second-order valence-electron chi connectivity index (χ2n) is 8.70. The van der Waals surface area contributed by atoms with E-state index in [1.807, 2.05) is 35.9 Å². The number of nitrogen functional groups attached to an aromatic ring is 1. The molecule has 1 atom stereocenters. The van der Waals surface area contributed by atoms with Crippen molar-refractivity contribution in [3.63, 3.8) is 0 Å². The molecular formula is C24H24FN9O. The smallest absolute Gasteiger partial charge is 0.225 e. The van der Waals surface area contributed by atoms with Gasteiger partial charge < -0.3 is 19.8 Å². The fourth-order valence-electron chi connectivity index (χ4n) is 4.52. The topological polar surface area (TPSA) is 112 Å². The Balaban J connectivity index is 1.58. The maximum atomic E-state index is 14.3. The lowest BCUT2D eigenvalue weighted by Gasteiger charge is -2.35. The summed E-state index contributed by atoms with van der Waals surface area (Å²) < 4.78 is 23.5. The molecule has 5 aromatic heterocycles. The van der Waals surface area contributed by atoms with Crippen molar-refractivity contribution in [2.24, 2.45) is 0 Å². The first-order chi connectivity index (χ1) is 17.0. The molecule has 11 heteroatoms. The van der Waals surface area contributed by atoms with Crippen LogP contribution in [0.4, 0.5) is 16.2 Å². The van der Waals surface area contributed by atoms with Crippen LogP contribution in [0.15, 0.2) is 42.9 Å². The Labute approximate surface area is 200 Å². The van der Waals surface area contributed by atoms with Crippen molar-refractivity contribution in [1.29, 1.82) is 0 Å². The third-order valence-electron chi connectivity index (χ3n) is 6.31. The molecule has 2 N–H and O–H groups in total. The minimum atomic E-state index is -0.401. The summed E-state index contributed by atoms with van der Waals surface area (Å²) in [6.45, 7) is 5.94. The molecule has 1 aliphatic heterocycles. The Morgan fingerprint density at radius 3 is 2.91 bits per heavy atom. The van der Waals surface area contributed by atoms with E-state index in [-0.39, 0.29) is 24.1 Å². The molecule has 0 spiro atoms. The van der Waals surface area contributed by atoms with Gasteiger partial charge in [-0.05, 0) is 38.1 Å². The first-order valence-electron chi connectivity index (χ1n) is 11.4. The van der Waals surface area contributed by atoms with Crippen LogP contribution in [0.3, 0.4) is 0 Å². The predicted octanol–water partition coefficient (Wildman–Crippen LogP) is 2.68. The van der Waals surface area contributed by atoms with Crippen LogP contribution in [0, 0.1) is 12.7 Å². The van der Waals surface area contributed by atoms with Crippen LogP contribution in [0.1, 0.15) is 24.1 Å². The number of halogens is 1. The van der Waals surface area contributed by atoms with Crippen LogP contribution >= 0.6 is 0 Å². The first-order valence-corrected chi connectivity index (χ1v) is 11.4. The molecule has 0 aliphatic carbocycles. The number of morpholine rings is 1. The number of aryl methyl sites for hydroxylation is 1. The first kappa shape index (κ1) is 21.4. The SMILES string of the molecule is Cc1cnc2ccc(-c3c(N4CCOC[C@@H]4C)nc(N)n4nc(Cc5ncccc5F)nc34)cn12. The highest BCUT2D eigenvalue weighted by Crippen LogP contribution is 2.36. The monoisotopic (exact) mass is 473 g/mol. The minimum absolute atomic E-state index is 0.0977. The fraction of sp³-hybridized carbons (Fsp3) is 0.292. The van der Waals surface area contributed by atoms with E-state index >= 15 is 0 Å². The average molecular weight is 474 g/mol.